The molecule has 2 aromatic carbocycles. The molecule has 4 nitrogen and oxygen atoms in total. The molecule has 0 saturated carbocycles. The molecule has 0 radical (unpaired) electrons. The number of fused-ring (bicyclic) bond motifs is 2. The molecule has 0 aromatic heterocycles. The Bertz CT molecular complexity index is 892. The third-order valence-corrected chi connectivity index (χ3v) is 6.65. The molecule has 2 aliphatic rings. The number of ether oxygens (including phenoxy) is 1. The van der Waals surface area contributed by atoms with Crippen LogP contribution in [-0.2, 0) is 4.74 Å². The maximum absolute atomic E-state index is 13.8. The van der Waals surface area contributed by atoms with E-state index in [9.17, 15) is 9.18 Å². The number of piperidine rings is 1. The highest BCUT2D eigenvalue weighted by Gasteiger charge is 2.49. The van der Waals surface area contributed by atoms with Crippen LogP contribution in [0.15, 0.2) is 42.5 Å². The van der Waals surface area contributed by atoms with Crippen LogP contribution < -0.4 is 22.3 Å². The molecule has 2 aromatic rings. The molecule has 1 amide bonds. The van der Waals surface area contributed by atoms with Crippen LogP contribution in [0.3, 0.4) is 0 Å². The van der Waals surface area contributed by atoms with Crippen LogP contribution in [-0.4, -0.2) is 42.9 Å². The maximum atomic E-state index is 13.8. The van der Waals surface area contributed by atoms with Gasteiger partial charge in [-0.25, -0.2) is 9.18 Å². The Morgan fingerprint density at radius 1 is 1.14 bits per heavy atom. The summed E-state index contributed by atoms with van der Waals surface area (Å²) in [6.45, 7) is 0. The van der Waals surface area contributed by atoms with Crippen molar-refractivity contribution in [2.45, 2.75) is 43.9 Å². The van der Waals surface area contributed by atoms with E-state index in [1.54, 1.807) is 24.3 Å². The van der Waals surface area contributed by atoms with Crippen molar-refractivity contribution in [1.82, 2.24) is 0 Å². The van der Waals surface area contributed by atoms with Crippen LogP contribution >= 0.6 is 11.6 Å². The van der Waals surface area contributed by atoms with Gasteiger partial charge in [-0.15, -0.1) is 0 Å². The van der Waals surface area contributed by atoms with Crippen LogP contribution in [0.2, 0.25) is 5.02 Å². The number of benzene rings is 2. The van der Waals surface area contributed by atoms with Crippen molar-refractivity contribution in [3.8, 4) is 11.1 Å². The predicted molar refractivity (Wildman–Crippen MR) is 109 cm³/mol. The molecular weight excluding hydrogens is 459 g/mol. The number of rotatable bonds is 3. The van der Waals surface area contributed by atoms with E-state index in [-0.39, 0.29) is 28.9 Å². The van der Waals surface area contributed by atoms with E-state index < -0.39 is 6.09 Å². The highest BCUT2D eigenvalue weighted by atomic mass is 79.9. The lowest BCUT2D eigenvalue weighted by Gasteiger charge is -2.43. The zero-order chi connectivity index (χ0) is 19.9. The number of carbonyl (C=O) groups is 1. The Balaban J connectivity index is 0.00000240. The largest absolute Gasteiger partial charge is 1.00 e. The van der Waals surface area contributed by atoms with Gasteiger partial charge >= 0.3 is 6.09 Å². The first-order chi connectivity index (χ1) is 13.3. The quantitative estimate of drug-likeness (QED) is 0.681. The van der Waals surface area contributed by atoms with Crippen molar-refractivity contribution >= 4 is 23.4 Å². The summed E-state index contributed by atoms with van der Waals surface area (Å²) in [6, 6.07) is 12.5. The molecule has 7 heteroatoms. The Morgan fingerprint density at radius 3 is 2.48 bits per heavy atom. The first-order valence-electron chi connectivity index (χ1n) is 9.69. The van der Waals surface area contributed by atoms with Crippen LogP contribution in [0.4, 0.5) is 14.9 Å². The Labute approximate surface area is 186 Å². The molecule has 2 bridgehead atoms. The molecule has 1 unspecified atom stereocenters. The van der Waals surface area contributed by atoms with Gasteiger partial charge in [0.15, 0.2) is 0 Å². The molecule has 2 fully saturated rings. The number of hydrogen-bond acceptors (Lipinski definition) is 2. The number of hydrogen-bond donors (Lipinski definition) is 1. The average molecular weight is 484 g/mol. The van der Waals surface area contributed by atoms with Gasteiger partial charge in [0.1, 0.15) is 11.9 Å². The lowest BCUT2D eigenvalue weighted by atomic mass is 9.98. The van der Waals surface area contributed by atoms with Gasteiger partial charge in [-0.2, -0.15) is 0 Å². The Hall–Kier alpha value is -1.63. The van der Waals surface area contributed by atoms with Crippen molar-refractivity contribution in [3.05, 3.63) is 53.3 Å². The van der Waals surface area contributed by atoms with Crippen LogP contribution in [0.5, 0.6) is 0 Å². The molecular formula is C22H25BrClFN2O2. The van der Waals surface area contributed by atoms with E-state index in [0.717, 1.165) is 22.9 Å². The van der Waals surface area contributed by atoms with E-state index in [2.05, 4.69) is 19.4 Å². The highest BCUT2D eigenvalue weighted by molar-refractivity contribution is 6.30. The van der Waals surface area contributed by atoms with Crippen molar-refractivity contribution in [3.63, 3.8) is 0 Å². The van der Waals surface area contributed by atoms with Gasteiger partial charge in [-0.3, -0.25) is 5.32 Å². The van der Waals surface area contributed by atoms with E-state index >= 15 is 0 Å². The number of nitrogens with zero attached hydrogens (tertiary/aromatic N) is 1. The number of nitrogens with one attached hydrogen (secondary N) is 1. The van der Waals surface area contributed by atoms with Gasteiger partial charge in [0, 0.05) is 36.3 Å². The Morgan fingerprint density at radius 2 is 1.83 bits per heavy atom. The number of quaternary nitrogens is 1. The lowest BCUT2D eigenvalue weighted by molar-refractivity contribution is -0.931. The molecule has 3 atom stereocenters. The molecule has 29 heavy (non-hydrogen) atoms. The standard InChI is InChI=1S/C22H24ClFN2O2.BrH/c1-26(2)17-7-8-18(26)13-19(12-17)28-22(27)25-21-9-6-16(24)11-20(21)14-4-3-5-15(23)10-14;/h3-6,9-11,17-19H,7-8,12-13H2,1-2H3;1H/t17-,18+,19?;. The third kappa shape index (κ3) is 4.60. The minimum atomic E-state index is -0.494. The topological polar surface area (TPSA) is 38.3 Å². The lowest BCUT2D eigenvalue weighted by Crippen LogP contribution is -3.00. The van der Waals surface area contributed by atoms with Crippen LogP contribution in [0, 0.1) is 5.82 Å². The molecule has 2 saturated heterocycles. The molecule has 156 valence electrons. The second-order valence-electron chi connectivity index (χ2n) is 8.34. The van der Waals surface area contributed by atoms with Gasteiger partial charge < -0.3 is 26.2 Å². The Kier molecular flexibility index (Phi) is 6.56. The van der Waals surface area contributed by atoms with Crippen molar-refractivity contribution < 1.29 is 35.4 Å². The van der Waals surface area contributed by atoms with Crippen LogP contribution in [0.1, 0.15) is 25.7 Å². The molecule has 1 N–H and O–H groups in total. The first kappa shape index (κ1) is 22.1. The molecule has 0 spiro atoms. The van der Waals surface area contributed by atoms with Gasteiger partial charge in [0.25, 0.3) is 0 Å². The molecule has 2 heterocycles. The van der Waals surface area contributed by atoms with Crippen molar-refractivity contribution in [2.24, 2.45) is 0 Å². The van der Waals surface area contributed by atoms with Crippen molar-refractivity contribution in [1.29, 1.82) is 0 Å². The van der Waals surface area contributed by atoms with Crippen molar-refractivity contribution in [2.75, 3.05) is 19.4 Å². The summed E-state index contributed by atoms with van der Waals surface area (Å²) in [7, 11) is 4.54. The average Bonchev–Trinajstić information content (AvgIpc) is 2.81. The normalized spacial score (nSPS) is 24.5. The summed E-state index contributed by atoms with van der Waals surface area (Å²) in [5, 5.41) is 3.35. The SMILES string of the molecule is C[N+]1(C)[C@@H]2CC[C@H]1CC(OC(=O)Nc1ccc(F)cc1-c1cccc(Cl)c1)C2.[Br-]. The van der Waals surface area contributed by atoms with E-state index in [4.69, 9.17) is 16.3 Å². The minimum Gasteiger partial charge on any atom is -1.00 e. The molecule has 0 aliphatic carbocycles. The third-order valence-electron chi connectivity index (χ3n) is 6.41. The fraction of sp³-hybridized carbons (Fsp3) is 0.409. The summed E-state index contributed by atoms with van der Waals surface area (Å²) in [5.41, 5.74) is 1.81. The summed E-state index contributed by atoms with van der Waals surface area (Å²) >= 11 is 6.07. The summed E-state index contributed by atoms with van der Waals surface area (Å²) in [4.78, 5) is 12.6. The first-order valence-corrected chi connectivity index (χ1v) is 10.1. The zero-order valence-electron chi connectivity index (χ0n) is 16.5. The predicted octanol–water partition coefficient (Wildman–Crippen LogP) is 2.47. The van der Waals surface area contributed by atoms with Gasteiger partial charge in [0.05, 0.1) is 31.9 Å². The molecule has 2 aliphatic heterocycles. The van der Waals surface area contributed by atoms with E-state index in [0.29, 0.717) is 28.4 Å². The second-order valence-corrected chi connectivity index (χ2v) is 8.77. The fourth-order valence-corrected chi connectivity index (χ4v) is 4.93. The van der Waals surface area contributed by atoms with Gasteiger partial charge in [-0.05, 0) is 35.9 Å². The smallest absolute Gasteiger partial charge is 0.411 e. The number of anilines is 1. The summed E-state index contributed by atoms with van der Waals surface area (Å²) in [5.74, 6) is -0.377. The summed E-state index contributed by atoms with van der Waals surface area (Å²) in [6.07, 6.45) is 3.60. The van der Waals surface area contributed by atoms with Gasteiger partial charge in [0.2, 0.25) is 0 Å². The highest BCUT2D eigenvalue weighted by Crippen LogP contribution is 2.40. The minimum absolute atomic E-state index is 0. The number of carbonyl (C=O) groups excluding carboxylic acids is 1. The number of halogens is 3. The second kappa shape index (κ2) is 8.62. The number of amides is 1. The van der Waals surface area contributed by atoms with E-state index in [1.165, 1.54) is 25.0 Å². The van der Waals surface area contributed by atoms with Crippen LogP contribution in [0.25, 0.3) is 11.1 Å². The van der Waals surface area contributed by atoms with Gasteiger partial charge in [-0.1, -0.05) is 23.7 Å². The summed E-state index contributed by atoms with van der Waals surface area (Å²) < 4.78 is 20.6. The van der Waals surface area contributed by atoms with E-state index in [1.807, 2.05) is 6.07 Å². The monoisotopic (exact) mass is 482 g/mol. The maximum Gasteiger partial charge on any atom is 0.411 e. The fourth-order valence-electron chi connectivity index (χ4n) is 4.74. The zero-order valence-corrected chi connectivity index (χ0v) is 18.8. The molecule has 4 rings (SSSR count).